The molecule has 1 aliphatic heterocycles. The van der Waals surface area contributed by atoms with Gasteiger partial charge in [-0.2, -0.15) is 0 Å². The van der Waals surface area contributed by atoms with Crippen LogP contribution in [0, 0.1) is 13.8 Å². The number of rotatable bonds is 12. The summed E-state index contributed by atoms with van der Waals surface area (Å²) in [5.41, 5.74) is 3.76. The number of hydrogen-bond donors (Lipinski definition) is 1. The average molecular weight is 750 g/mol. The van der Waals surface area contributed by atoms with Crippen LogP contribution >= 0.6 is 0 Å². The minimum atomic E-state index is -1.18. The summed E-state index contributed by atoms with van der Waals surface area (Å²) >= 11 is 0. The molecule has 14 nitrogen and oxygen atoms in total. The maximum absolute atomic E-state index is 13.4. The van der Waals surface area contributed by atoms with Crippen LogP contribution in [-0.2, 0) is 41.5 Å². The van der Waals surface area contributed by atoms with Crippen LogP contribution in [0.5, 0.6) is 0 Å². The largest absolute Gasteiger partial charge is 0.459 e. The van der Waals surface area contributed by atoms with Gasteiger partial charge >= 0.3 is 24.0 Å². The molecule has 0 bridgehead atoms. The number of nitrogens with one attached hydrogen (secondary N) is 1. The van der Waals surface area contributed by atoms with Gasteiger partial charge in [0.25, 0.3) is 0 Å². The van der Waals surface area contributed by atoms with Crippen LogP contribution in [0.2, 0.25) is 0 Å². The Kier molecular flexibility index (Phi) is 11.8. The molecule has 1 fully saturated rings. The molecular formula is C41H43N5O9. The number of aryl methyl sites for hydroxylation is 2. The van der Waals surface area contributed by atoms with Gasteiger partial charge in [-0.25, -0.2) is 34.1 Å². The van der Waals surface area contributed by atoms with Gasteiger partial charge < -0.3 is 29.0 Å². The highest BCUT2D eigenvalue weighted by Gasteiger charge is 2.41. The van der Waals surface area contributed by atoms with Gasteiger partial charge in [-0.1, -0.05) is 65.7 Å². The molecular weight excluding hydrogens is 706 g/mol. The maximum atomic E-state index is 13.4. The van der Waals surface area contributed by atoms with Gasteiger partial charge in [-0.3, -0.25) is 4.57 Å². The molecule has 5 aromatic rings. The lowest BCUT2D eigenvalue weighted by Crippen LogP contribution is -2.45. The quantitative estimate of drug-likeness (QED) is 0.117. The summed E-state index contributed by atoms with van der Waals surface area (Å²) < 4.78 is 30.6. The number of ether oxygens (including phenoxy) is 5. The first-order valence-corrected chi connectivity index (χ1v) is 17.9. The highest BCUT2D eigenvalue weighted by molar-refractivity contribution is 5.90. The molecule has 0 radical (unpaired) electrons. The Labute approximate surface area is 318 Å². The molecule has 0 spiro atoms. The van der Waals surface area contributed by atoms with Crippen LogP contribution in [-0.4, -0.2) is 74.0 Å². The van der Waals surface area contributed by atoms with E-state index in [9.17, 15) is 19.2 Å². The van der Waals surface area contributed by atoms with Crippen LogP contribution < -0.4 is 5.32 Å². The smallest absolute Gasteiger partial charge is 0.408 e. The molecule has 0 unspecified atom stereocenters. The van der Waals surface area contributed by atoms with E-state index in [1.54, 1.807) is 49.6 Å². The Hall–Kier alpha value is -6.15. The first-order chi connectivity index (χ1) is 26.3. The summed E-state index contributed by atoms with van der Waals surface area (Å²) in [5.74, 6) is -1.79. The van der Waals surface area contributed by atoms with E-state index in [0.717, 1.165) is 16.7 Å². The SMILES string of the molecule is Cc1ccc(C(=O)OC[C@H]2O[C@@H](n3cnc4c(C[C@H](NC(=O)OC(C)(C)C)C(=O)OCc5ccccc5)ncnc43)C[C@@H]2OC(=O)c2ccc(C)cc2)cc1. The number of imidazole rings is 1. The zero-order chi connectivity index (χ0) is 39.1. The van der Waals surface area contributed by atoms with E-state index in [4.69, 9.17) is 23.7 Å². The number of fused-ring (bicyclic) bond motifs is 1. The zero-order valence-electron chi connectivity index (χ0n) is 31.3. The van der Waals surface area contributed by atoms with Crippen molar-refractivity contribution < 1.29 is 42.9 Å². The second-order valence-electron chi connectivity index (χ2n) is 14.3. The molecule has 1 aliphatic rings. The highest BCUT2D eigenvalue weighted by atomic mass is 16.6. The van der Waals surface area contributed by atoms with E-state index in [2.05, 4.69) is 20.3 Å². The van der Waals surface area contributed by atoms with Crippen molar-refractivity contribution in [1.82, 2.24) is 24.8 Å². The predicted molar refractivity (Wildman–Crippen MR) is 199 cm³/mol. The van der Waals surface area contributed by atoms with Crippen molar-refractivity contribution in [2.45, 2.75) is 84.1 Å². The number of benzene rings is 3. The normalized spacial score (nSPS) is 17.3. The lowest BCUT2D eigenvalue weighted by atomic mass is 10.1. The Morgan fingerprint density at radius 3 is 2.16 bits per heavy atom. The van der Waals surface area contributed by atoms with E-state index in [1.165, 1.54) is 12.7 Å². The minimum absolute atomic E-state index is 0.00382. The Morgan fingerprint density at radius 2 is 1.51 bits per heavy atom. The molecule has 4 atom stereocenters. The topological polar surface area (TPSA) is 170 Å². The molecule has 2 aromatic heterocycles. The van der Waals surface area contributed by atoms with Crippen molar-refractivity contribution in [2.75, 3.05) is 6.61 Å². The lowest BCUT2D eigenvalue weighted by Gasteiger charge is -2.23. The summed E-state index contributed by atoms with van der Waals surface area (Å²) in [5, 5.41) is 2.62. The first kappa shape index (κ1) is 38.6. The number of esters is 3. The fraction of sp³-hybridized carbons (Fsp3) is 0.341. The van der Waals surface area contributed by atoms with Crippen LogP contribution in [0.4, 0.5) is 4.79 Å². The molecule has 6 rings (SSSR count). The summed E-state index contributed by atoms with van der Waals surface area (Å²) in [6, 6.07) is 22.0. The molecule has 3 heterocycles. The van der Waals surface area contributed by atoms with E-state index >= 15 is 0 Å². The third kappa shape index (κ3) is 10.1. The van der Waals surface area contributed by atoms with E-state index in [-0.39, 0.29) is 26.1 Å². The first-order valence-electron chi connectivity index (χ1n) is 17.9. The molecule has 55 heavy (non-hydrogen) atoms. The zero-order valence-corrected chi connectivity index (χ0v) is 31.3. The second-order valence-corrected chi connectivity index (χ2v) is 14.3. The van der Waals surface area contributed by atoms with Crippen LogP contribution in [0.3, 0.4) is 0 Å². The monoisotopic (exact) mass is 749 g/mol. The van der Waals surface area contributed by atoms with Gasteiger partial charge in [0.05, 0.1) is 23.1 Å². The molecule has 0 aliphatic carbocycles. The van der Waals surface area contributed by atoms with Gasteiger partial charge in [0.1, 0.15) is 55.1 Å². The number of amides is 1. The van der Waals surface area contributed by atoms with E-state index in [1.807, 2.05) is 68.4 Å². The van der Waals surface area contributed by atoms with Crippen LogP contribution in [0.25, 0.3) is 11.2 Å². The fourth-order valence-corrected chi connectivity index (χ4v) is 5.90. The second kappa shape index (κ2) is 16.9. The third-order valence-corrected chi connectivity index (χ3v) is 8.73. The predicted octanol–water partition coefficient (Wildman–Crippen LogP) is 5.99. The lowest BCUT2D eigenvalue weighted by molar-refractivity contribution is -0.147. The number of aromatic nitrogens is 4. The van der Waals surface area contributed by atoms with Gasteiger partial charge in [0.15, 0.2) is 5.65 Å². The third-order valence-electron chi connectivity index (χ3n) is 8.73. The maximum Gasteiger partial charge on any atom is 0.408 e. The number of nitrogens with zero attached hydrogens (tertiary/aromatic N) is 4. The number of carbonyl (C=O) groups excluding carboxylic acids is 4. The molecule has 14 heteroatoms. The van der Waals surface area contributed by atoms with Gasteiger partial charge in [0.2, 0.25) is 0 Å². The fourth-order valence-electron chi connectivity index (χ4n) is 5.90. The van der Waals surface area contributed by atoms with Gasteiger partial charge in [-0.05, 0) is 64.4 Å². The summed E-state index contributed by atoms with van der Waals surface area (Å²) in [4.78, 5) is 65.8. The molecule has 0 saturated carbocycles. The van der Waals surface area contributed by atoms with Crippen LogP contribution in [0.15, 0.2) is 91.5 Å². The Balaban J connectivity index is 1.22. The Morgan fingerprint density at radius 1 is 0.855 bits per heavy atom. The number of hydrogen-bond acceptors (Lipinski definition) is 12. The van der Waals surface area contributed by atoms with Crippen molar-refractivity contribution in [3.63, 3.8) is 0 Å². The molecule has 1 amide bonds. The standard InChI is InChI=1S/C41H43N5O9/c1-25-11-15-28(16-12-25)37(47)52-22-33-32(54-38(48)29-17-13-26(2)14-18-29)20-34(53-33)46-24-44-35-30(42-23-43-36(35)46)19-31(45-40(50)55-41(3,4)5)39(49)51-21-27-9-7-6-8-10-27/h6-18,23-24,31-34H,19-22H2,1-5H3,(H,45,50)/t31-,32-,33+,34+/m0/s1. The van der Waals surface area contributed by atoms with Gasteiger partial charge in [0, 0.05) is 12.8 Å². The summed E-state index contributed by atoms with van der Waals surface area (Å²) in [7, 11) is 0. The molecule has 3 aromatic carbocycles. The van der Waals surface area contributed by atoms with Crippen molar-refractivity contribution in [1.29, 1.82) is 0 Å². The minimum Gasteiger partial charge on any atom is -0.459 e. The van der Waals surface area contributed by atoms with Crippen LogP contribution in [0.1, 0.15) is 76.5 Å². The summed E-state index contributed by atoms with van der Waals surface area (Å²) in [6.07, 6.45) is -0.244. The van der Waals surface area contributed by atoms with Crippen molar-refractivity contribution >= 4 is 35.2 Å². The van der Waals surface area contributed by atoms with Crippen molar-refractivity contribution in [3.8, 4) is 0 Å². The van der Waals surface area contributed by atoms with E-state index < -0.39 is 54.1 Å². The number of carbonyl (C=O) groups is 4. The van der Waals surface area contributed by atoms with Crippen molar-refractivity contribution in [2.24, 2.45) is 0 Å². The van der Waals surface area contributed by atoms with E-state index in [0.29, 0.717) is 28.0 Å². The highest BCUT2D eigenvalue weighted by Crippen LogP contribution is 2.34. The van der Waals surface area contributed by atoms with Crippen molar-refractivity contribution in [3.05, 3.63) is 125 Å². The average Bonchev–Trinajstić information content (AvgIpc) is 3.77. The number of alkyl carbamates (subject to hydrolysis) is 1. The Bertz CT molecular complexity index is 2130. The molecule has 1 saturated heterocycles. The molecule has 1 N–H and O–H groups in total. The summed E-state index contributed by atoms with van der Waals surface area (Å²) in [6.45, 7) is 8.79. The van der Waals surface area contributed by atoms with Gasteiger partial charge in [-0.15, -0.1) is 0 Å². The molecule has 286 valence electrons.